The second-order valence-corrected chi connectivity index (χ2v) is 5.40. The van der Waals surface area contributed by atoms with Crippen molar-refractivity contribution >= 4 is 23.5 Å². The molecule has 23 heavy (non-hydrogen) atoms. The summed E-state index contributed by atoms with van der Waals surface area (Å²) < 4.78 is 45.9. The van der Waals surface area contributed by atoms with E-state index in [9.17, 15) is 22.8 Å². The van der Waals surface area contributed by atoms with E-state index in [1.807, 2.05) is 0 Å². The molecule has 0 fully saturated rings. The first kappa shape index (κ1) is 17.4. The molecule has 5 nitrogen and oxygen atoms in total. The third-order valence-electron chi connectivity index (χ3n) is 3.09. The molecule has 0 saturated heterocycles. The van der Waals surface area contributed by atoms with Crippen LogP contribution in [0.5, 0.6) is 5.75 Å². The van der Waals surface area contributed by atoms with Crippen LogP contribution in [-0.2, 0) is 20.7 Å². The molecule has 2 rings (SSSR count). The van der Waals surface area contributed by atoms with E-state index < -0.39 is 37.1 Å². The van der Waals surface area contributed by atoms with Gasteiger partial charge in [0.15, 0.2) is 6.61 Å². The maximum Gasteiger partial charge on any atom is 0.405 e. The van der Waals surface area contributed by atoms with Crippen molar-refractivity contribution < 1.29 is 32.2 Å². The van der Waals surface area contributed by atoms with Crippen molar-refractivity contribution in [3.8, 4) is 5.75 Å². The number of halogens is 4. The number of benzene rings is 1. The fraction of sp³-hybridized carbons (Fsp3) is 0.429. The molecule has 0 unspecified atom stereocenters. The Labute approximate surface area is 134 Å². The van der Waals surface area contributed by atoms with Gasteiger partial charge >= 0.3 is 12.1 Å². The van der Waals surface area contributed by atoms with E-state index in [0.717, 1.165) is 5.56 Å². The van der Waals surface area contributed by atoms with Gasteiger partial charge in [-0.05, 0) is 30.2 Å². The van der Waals surface area contributed by atoms with E-state index in [-0.39, 0.29) is 6.61 Å². The summed E-state index contributed by atoms with van der Waals surface area (Å²) in [6.07, 6.45) is -4.20. The Hall–Kier alpha value is -1.96. The third-order valence-corrected chi connectivity index (χ3v) is 3.33. The SMILES string of the molecule is O=C(COC(=O)[C@@H]1COc2ccc(Cl)cc2C1)NCC(F)(F)F. The Balaban J connectivity index is 1.82. The van der Waals surface area contributed by atoms with E-state index in [4.69, 9.17) is 21.1 Å². The summed E-state index contributed by atoms with van der Waals surface area (Å²) >= 11 is 5.86. The van der Waals surface area contributed by atoms with Crippen molar-refractivity contribution in [2.24, 2.45) is 5.92 Å². The van der Waals surface area contributed by atoms with Crippen LogP contribution in [0.25, 0.3) is 0 Å². The second kappa shape index (κ2) is 7.08. The molecule has 1 aliphatic heterocycles. The normalized spacial score (nSPS) is 17.0. The number of rotatable bonds is 4. The number of fused-ring (bicyclic) bond motifs is 1. The van der Waals surface area contributed by atoms with Gasteiger partial charge in [-0.2, -0.15) is 13.2 Å². The minimum atomic E-state index is -4.51. The van der Waals surface area contributed by atoms with Crippen molar-refractivity contribution in [3.63, 3.8) is 0 Å². The van der Waals surface area contributed by atoms with Gasteiger partial charge in [0, 0.05) is 5.02 Å². The summed E-state index contributed by atoms with van der Waals surface area (Å²) in [4.78, 5) is 23.0. The lowest BCUT2D eigenvalue weighted by atomic mass is 9.97. The summed E-state index contributed by atoms with van der Waals surface area (Å²) in [5.41, 5.74) is 0.729. The van der Waals surface area contributed by atoms with Crippen LogP contribution in [0.2, 0.25) is 5.02 Å². The fourth-order valence-corrected chi connectivity index (χ4v) is 2.21. The van der Waals surface area contributed by atoms with Gasteiger partial charge in [-0.15, -0.1) is 0 Å². The number of alkyl halides is 3. The van der Waals surface area contributed by atoms with Gasteiger partial charge in [-0.1, -0.05) is 11.6 Å². The highest BCUT2D eigenvalue weighted by atomic mass is 35.5. The standard InChI is InChI=1S/C14H13ClF3NO4/c15-10-1-2-11-8(4-10)3-9(5-22-11)13(21)23-6-12(20)19-7-14(16,17)18/h1-2,4,9H,3,5-7H2,(H,19,20)/t9-/m0/s1. The lowest BCUT2D eigenvalue weighted by molar-refractivity contribution is -0.155. The number of amides is 1. The first-order valence-electron chi connectivity index (χ1n) is 6.66. The van der Waals surface area contributed by atoms with Crippen LogP contribution in [0.1, 0.15) is 5.56 Å². The molecule has 1 heterocycles. The van der Waals surface area contributed by atoms with Crippen LogP contribution < -0.4 is 10.1 Å². The molecule has 0 bridgehead atoms. The van der Waals surface area contributed by atoms with Crippen LogP contribution in [-0.4, -0.2) is 37.8 Å². The molecule has 0 aromatic heterocycles. The number of ether oxygens (including phenoxy) is 2. The molecule has 0 radical (unpaired) electrons. The molecule has 126 valence electrons. The van der Waals surface area contributed by atoms with Crippen LogP contribution in [0.3, 0.4) is 0 Å². The first-order valence-corrected chi connectivity index (χ1v) is 7.04. The highest BCUT2D eigenvalue weighted by molar-refractivity contribution is 6.30. The summed E-state index contributed by atoms with van der Waals surface area (Å²) in [7, 11) is 0. The van der Waals surface area contributed by atoms with Gasteiger partial charge in [0.2, 0.25) is 0 Å². The molecule has 1 aliphatic rings. The predicted octanol–water partition coefficient (Wildman–Crippen LogP) is 2.11. The van der Waals surface area contributed by atoms with Crippen molar-refractivity contribution in [3.05, 3.63) is 28.8 Å². The molecule has 1 aromatic rings. The van der Waals surface area contributed by atoms with Crippen LogP contribution >= 0.6 is 11.6 Å². The average Bonchev–Trinajstić information content (AvgIpc) is 2.49. The fourth-order valence-electron chi connectivity index (χ4n) is 2.02. The maximum absolute atomic E-state index is 11.9. The van der Waals surface area contributed by atoms with Crippen LogP contribution in [0.15, 0.2) is 18.2 Å². The monoisotopic (exact) mass is 351 g/mol. The molecular formula is C14H13ClF3NO4. The Morgan fingerprint density at radius 3 is 2.83 bits per heavy atom. The molecule has 1 amide bonds. The van der Waals surface area contributed by atoms with E-state index in [1.165, 1.54) is 0 Å². The molecule has 0 aliphatic carbocycles. The minimum Gasteiger partial charge on any atom is -0.492 e. The number of carbonyl (C=O) groups is 2. The van der Waals surface area contributed by atoms with Gasteiger partial charge in [0.05, 0.1) is 5.92 Å². The molecular weight excluding hydrogens is 339 g/mol. The average molecular weight is 352 g/mol. The van der Waals surface area contributed by atoms with Crippen LogP contribution in [0, 0.1) is 5.92 Å². The zero-order chi connectivity index (χ0) is 17.0. The van der Waals surface area contributed by atoms with Crippen molar-refractivity contribution in [2.45, 2.75) is 12.6 Å². The predicted molar refractivity (Wildman–Crippen MR) is 74.2 cm³/mol. The minimum absolute atomic E-state index is 0.0671. The smallest absolute Gasteiger partial charge is 0.405 e. The number of hydrogen-bond acceptors (Lipinski definition) is 4. The van der Waals surface area contributed by atoms with E-state index in [0.29, 0.717) is 17.2 Å². The zero-order valence-corrected chi connectivity index (χ0v) is 12.5. The summed E-state index contributed by atoms with van der Waals surface area (Å²) in [5, 5.41) is 2.11. The summed E-state index contributed by atoms with van der Waals surface area (Å²) in [5.74, 6) is -1.76. The number of esters is 1. The topological polar surface area (TPSA) is 64.6 Å². The highest BCUT2D eigenvalue weighted by Gasteiger charge is 2.29. The van der Waals surface area contributed by atoms with Gasteiger partial charge < -0.3 is 14.8 Å². The molecule has 9 heteroatoms. The largest absolute Gasteiger partial charge is 0.492 e. The highest BCUT2D eigenvalue weighted by Crippen LogP contribution is 2.30. The van der Waals surface area contributed by atoms with Gasteiger partial charge in [-0.25, -0.2) is 0 Å². The van der Waals surface area contributed by atoms with Gasteiger partial charge in [-0.3, -0.25) is 9.59 Å². The first-order chi connectivity index (χ1) is 10.7. The van der Waals surface area contributed by atoms with Crippen LogP contribution in [0.4, 0.5) is 13.2 Å². The second-order valence-electron chi connectivity index (χ2n) is 4.96. The number of nitrogens with one attached hydrogen (secondary N) is 1. The van der Waals surface area contributed by atoms with Crippen molar-refractivity contribution in [2.75, 3.05) is 19.8 Å². The molecule has 1 aromatic carbocycles. The Morgan fingerprint density at radius 2 is 2.13 bits per heavy atom. The van der Waals surface area contributed by atoms with Crippen molar-refractivity contribution in [1.29, 1.82) is 0 Å². The van der Waals surface area contributed by atoms with Crippen molar-refractivity contribution in [1.82, 2.24) is 5.32 Å². The van der Waals surface area contributed by atoms with E-state index in [1.54, 1.807) is 23.5 Å². The van der Waals surface area contributed by atoms with E-state index >= 15 is 0 Å². The van der Waals surface area contributed by atoms with E-state index in [2.05, 4.69) is 0 Å². The maximum atomic E-state index is 11.9. The number of hydrogen-bond donors (Lipinski definition) is 1. The summed E-state index contributed by atoms with van der Waals surface area (Å²) in [6, 6.07) is 5.00. The lowest BCUT2D eigenvalue weighted by Gasteiger charge is -2.24. The zero-order valence-electron chi connectivity index (χ0n) is 11.8. The molecule has 1 N–H and O–H groups in total. The number of carbonyl (C=O) groups excluding carboxylic acids is 2. The Morgan fingerprint density at radius 1 is 1.39 bits per heavy atom. The molecule has 0 spiro atoms. The lowest BCUT2D eigenvalue weighted by Crippen LogP contribution is -2.38. The quantitative estimate of drug-likeness (QED) is 0.844. The molecule has 1 atom stereocenters. The Bertz CT molecular complexity index is 606. The molecule has 0 saturated carbocycles. The summed E-state index contributed by atoms with van der Waals surface area (Å²) in [6.45, 7) is -2.17. The Kier molecular flexibility index (Phi) is 5.35. The third kappa shape index (κ3) is 5.31. The van der Waals surface area contributed by atoms with Gasteiger partial charge in [0.1, 0.15) is 18.9 Å². The van der Waals surface area contributed by atoms with Gasteiger partial charge in [0.25, 0.3) is 5.91 Å².